The number of benzene rings is 2. The van der Waals surface area contributed by atoms with E-state index in [2.05, 4.69) is 15.6 Å². The van der Waals surface area contributed by atoms with Gasteiger partial charge in [-0.1, -0.05) is 41.4 Å². The first-order valence-electron chi connectivity index (χ1n) is 8.05. The molecular weight excluding hydrogens is 403 g/mol. The van der Waals surface area contributed by atoms with Crippen LogP contribution in [-0.2, 0) is 4.79 Å². The van der Waals surface area contributed by atoms with Gasteiger partial charge >= 0.3 is 0 Å². The molecule has 5 nitrogen and oxygen atoms in total. The van der Waals surface area contributed by atoms with Gasteiger partial charge in [0.15, 0.2) is 5.15 Å². The Morgan fingerprint density at radius 1 is 1.19 bits per heavy atom. The quantitative estimate of drug-likeness (QED) is 0.357. The summed E-state index contributed by atoms with van der Waals surface area (Å²) in [5.41, 5.74) is 4.90. The van der Waals surface area contributed by atoms with E-state index in [4.69, 9.17) is 23.2 Å². The largest absolute Gasteiger partial charge is 0.272 e. The lowest BCUT2D eigenvalue weighted by Crippen LogP contribution is -2.19. The molecule has 0 spiro atoms. The monoisotopic (exact) mass is 418 g/mol. The summed E-state index contributed by atoms with van der Waals surface area (Å²) in [6.45, 7) is 1.89. The Balaban J connectivity index is 1.60. The number of hydrogen-bond donors (Lipinski definition) is 1. The van der Waals surface area contributed by atoms with Gasteiger partial charge in [-0.15, -0.1) is 11.8 Å². The van der Waals surface area contributed by atoms with E-state index >= 15 is 0 Å². The number of para-hydroxylation sites is 1. The highest BCUT2D eigenvalue weighted by atomic mass is 35.5. The highest BCUT2D eigenvalue weighted by molar-refractivity contribution is 8.00. The maximum Gasteiger partial charge on any atom is 0.250 e. The molecule has 1 heterocycles. The average molecular weight is 419 g/mol. The second-order valence-electron chi connectivity index (χ2n) is 5.57. The number of carbonyl (C=O) groups is 1. The highest BCUT2D eigenvalue weighted by Crippen LogP contribution is 2.21. The smallest absolute Gasteiger partial charge is 0.250 e. The first-order chi connectivity index (χ1) is 13.0. The van der Waals surface area contributed by atoms with E-state index < -0.39 is 0 Å². The average Bonchev–Trinajstić information content (AvgIpc) is 2.96. The number of nitrogens with zero attached hydrogens (tertiary/aromatic N) is 3. The number of thioether (sulfide) groups is 1. The number of rotatable bonds is 6. The van der Waals surface area contributed by atoms with Crippen LogP contribution in [-0.4, -0.2) is 27.7 Å². The Bertz CT molecular complexity index is 956. The summed E-state index contributed by atoms with van der Waals surface area (Å²) < 4.78 is 1.74. The summed E-state index contributed by atoms with van der Waals surface area (Å²) in [6.07, 6.45) is 1.51. The molecule has 8 heteroatoms. The van der Waals surface area contributed by atoms with Crippen LogP contribution in [0.2, 0.25) is 10.2 Å². The number of hydrazone groups is 1. The minimum atomic E-state index is -0.213. The van der Waals surface area contributed by atoms with Crippen LogP contribution >= 0.6 is 35.0 Å². The summed E-state index contributed by atoms with van der Waals surface area (Å²) in [6, 6.07) is 17.0. The maximum absolute atomic E-state index is 11.9. The minimum absolute atomic E-state index is 0.213. The Morgan fingerprint density at radius 3 is 2.59 bits per heavy atom. The lowest BCUT2D eigenvalue weighted by molar-refractivity contribution is -0.118. The summed E-state index contributed by atoms with van der Waals surface area (Å²) in [7, 11) is 0. The van der Waals surface area contributed by atoms with E-state index in [0.29, 0.717) is 15.7 Å². The lowest BCUT2D eigenvalue weighted by atomic mass is 10.2. The van der Waals surface area contributed by atoms with E-state index in [-0.39, 0.29) is 11.7 Å². The number of hydrogen-bond acceptors (Lipinski definition) is 4. The standard InChI is InChI=1S/C19H16Cl2N4OS/c1-13-17(19(21)24-25(13)15-5-3-2-4-6-15)11-22-23-18(26)12-27-16-9-7-14(20)8-10-16/h2-11H,12H2,1H3,(H,23,26)/b22-11-. The van der Waals surface area contributed by atoms with Crippen LogP contribution in [0.3, 0.4) is 0 Å². The number of aromatic nitrogens is 2. The van der Waals surface area contributed by atoms with Crippen LogP contribution in [0.4, 0.5) is 0 Å². The maximum atomic E-state index is 11.9. The molecular formula is C19H16Cl2N4OS. The molecule has 0 atom stereocenters. The van der Waals surface area contributed by atoms with Gasteiger partial charge in [-0.3, -0.25) is 4.79 Å². The summed E-state index contributed by atoms with van der Waals surface area (Å²) in [5, 5.41) is 9.31. The van der Waals surface area contributed by atoms with Gasteiger partial charge in [0.2, 0.25) is 5.91 Å². The molecule has 0 aliphatic carbocycles. The van der Waals surface area contributed by atoms with Crippen molar-refractivity contribution in [2.24, 2.45) is 5.10 Å². The normalized spacial score (nSPS) is 11.1. The molecule has 0 radical (unpaired) electrons. The Hall–Kier alpha value is -2.28. The van der Waals surface area contributed by atoms with Crippen LogP contribution in [0.5, 0.6) is 0 Å². The number of nitrogens with one attached hydrogen (secondary N) is 1. The summed E-state index contributed by atoms with van der Waals surface area (Å²) in [5.74, 6) is 0.0324. The van der Waals surface area contributed by atoms with Gasteiger partial charge < -0.3 is 0 Å². The molecule has 0 fully saturated rings. The Morgan fingerprint density at radius 2 is 1.89 bits per heavy atom. The van der Waals surface area contributed by atoms with Gasteiger partial charge in [-0.25, -0.2) is 10.1 Å². The van der Waals surface area contributed by atoms with E-state index in [1.54, 1.807) is 16.8 Å². The zero-order chi connectivity index (χ0) is 19.2. The number of halogens is 2. The van der Waals surface area contributed by atoms with Crippen molar-refractivity contribution in [2.45, 2.75) is 11.8 Å². The van der Waals surface area contributed by atoms with Crippen molar-refractivity contribution in [1.29, 1.82) is 0 Å². The van der Waals surface area contributed by atoms with E-state index in [1.165, 1.54) is 18.0 Å². The van der Waals surface area contributed by atoms with Gasteiger partial charge in [0.05, 0.1) is 28.9 Å². The zero-order valence-corrected chi connectivity index (χ0v) is 16.7. The second kappa shape index (κ2) is 9.08. The van der Waals surface area contributed by atoms with Crippen LogP contribution in [0.15, 0.2) is 64.6 Å². The molecule has 0 unspecified atom stereocenters. The van der Waals surface area contributed by atoms with Gasteiger partial charge in [-0.2, -0.15) is 10.2 Å². The molecule has 0 saturated carbocycles. The third-order valence-corrected chi connectivity index (χ3v) is 5.23. The van der Waals surface area contributed by atoms with Crippen LogP contribution < -0.4 is 5.43 Å². The van der Waals surface area contributed by atoms with Gasteiger partial charge in [-0.05, 0) is 43.3 Å². The predicted molar refractivity (Wildman–Crippen MR) is 111 cm³/mol. The van der Waals surface area contributed by atoms with Crippen molar-refractivity contribution in [3.63, 3.8) is 0 Å². The Labute approximate surface area is 171 Å². The molecule has 27 heavy (non-hydrogen) atoms. The Kier molecular flexibility index (Phi) is 6.55. The van der Waals surface area contributed by atoms with Crippen molar-refractivity contribution in [2.75, 3.05) is 5.75 Å². The summed E-state index contributed by atoms with van der Waals surface area (Å²) in [4.78, 5) is 12.9. The van der Waals surface area contributed by atoms with Gasteiger partial charge in [0.25, 0.3) is 0 Å². The molecule has 1 aromatic heterocycles. The van der Waals surface area contributed by atoms with E-state index in [0.717, 1.165) is 16.3 Å². The van der Waals surface area contributed by atoms with Crippen LogP contribution in [0.25, 0.3) is 5.69 Å². The van der Waals surface area contributed by atoms with Crippen molar-refractivity contribution >= 4 is 47.1 Å². The minimum Gasteiger partial charge on any atom is -0.272 e. The van der Waals surface area contributed by atoms with Crippen molar-refractivity contribution < 1.29 is 4.79 Å². The lowest BCUT2D eigenvalue weighted by Gasteiger charge is -2.03. The molecule has 0 aliphatic heterocycles. The fourth-order valence-electron chi connectivity index (χ4n) is 2.33. The topological polar surface area (TPSA) is 59.3 Å². The molecule has 3 aromatic rings. The molecule has 3 rings (SSSR count). The van der Waals surface area contributed by atoms with E-state index in [9.17, 15) is 4.79 Å². The van der Waals surface area contributed by atoms with E-state index in [1.807, 2.05) is 49.4 Å². The van der Waals surface area contributed by atoms with Gasteiger partial charge in [0.1, 0.15) is 0 Å². The van der Waals surface area contributed by atoms with Crippen molar-refractivity contribution in [3.05, 3.63) is 76.0 Å². The predicted octanol–water partition coefficient (Wildman–Crippen LogP) is 4.73. The first kappa shape index (κ1) is 19.5. The molecule has 138 valence electrons. The van der Waals surface area contributed by atoms with Crippen LogP contribution in [0.1, 0.15) is 11.3 Å². The first-order valence-corrected chi connectivity index (χ1v) is 9.79. The van der Waals surface area contributed by atoms with Crippen LogP contribution in [0, 0.1) is 6.92 Å². The molecule has 0 bridgehead atoms. The highest BCUT2D eigenvalue weighted by Gasteiger charge is 2.12. The third-order valence-electron chi connectivity index (χ3n) is 3.68. The van der Waals surface area contributed by atoms with Crippen molar-refractivity contribution in [1.82, 2.24) is 15.2 Å². The zero-order valence-electron chi connectivity index (χ0n) is 14.4. The third kappa shape index (κ3) is 5.13. The molecule has 0 aliphatic rings. The van der Waals surface area contributed by atoms with Crippen molar-refractivity contribution in [3.8, 4) is 5.69 Å². The molecule has 1 N–H and O–H groups in total. The van der Waals surface area contributed by atoms with Gasteiger partial charge in [0, 0.05) is 9.92 Å². The molecule has 0 saturated heterocycles. The number of amides is 1. The summed E-state index contributed by atoms with van der Waals surface area (Å²) >= 11 is 13.5. The fraction of sp³-hybridized carbons (Fsp3) is 0.105. The molecule has 1 amide bonds. The SMILES string of the molecule is Cc1c(/C=N\NC(=O)CSc2ccc(Cl)cc2)c(Cl)nn1-c1ccccc1. The molecule has 2 aromatic carbocycles. The fourth-order valence-corrected chi connectivity index (χ4v) is 3.41. The number of carbonyl (C=O) groups excluding carboxylic acids is 1. The second-order valence-corrected chi connectivity index (χ2v) is 7.42.